The van der Waals surface area contributed by atoms with Crippen molar-refractivity contribution in [3.8, 4) is 11.5 Å². The Morgan fingerprint density at radius 3 is 2.65 bits per heavy atom. The molecule has 1 aromatic carbocycles. The number of hydrogen-bond donors (Lipinski definition) is 0. The summed E-state index contributed by atoms with van der Waals surface area (Å²) >= 11 is 0. The van der Waals surface area contributed by atoms with Crippen molar-refractivity contribution >= 4 is 6.29 Å². The second-order valence-corrected chi connectivity index (χ2v) is 4.15. The quantitative estimate of drug-likeness (QED) is 0.710. The van der Waals surface area contributed by atoms with Crippen LogP contribution in [0.25, 0.3) is 0 Å². The number of methoxy groups -OCH3 is 1. The molecular weight excluding hydrogens is 216 g/mol. The van der Waals surface area contributed by atoms with E-state index in [1.807, 2.05) is 19.9 Å². The maximum Gasteiger partial charge on any atom is 0.153 e. The number of hydrogen-bond acceptors (Lipinski definition) is 3. The van der Waals surface area contributed by atoms with Gasteiger partial charge in [-0.25, -0.2) is 0 Å². The minimum Gasteiger partial charge on any atom is -0.496 e. The fraction of sp³-hybridized carbons (Fsp3) is 0.500. The van der Waals surface area contributed by atoms with Crippen LogP contribution in [-0.4, -0.2) is 19.5 Å². The lowest BCUT2D eigenvalue weighted by molar-refractivity contribution is 0.112. The number of carbonyl (C=O) groups is 1. The average Bonchev–Trinajstić information content (AvgIpc) is 2.31. The molecule has 17 heavy (non-hydrogen) atoms. The summed E-state index contributed by atoms with van der Waals surface area (Å²) in [6, 6.07) is 3.56. The van der Waals surface area contributed by atoms with Gasteiger partial charge in [0, 0.05) is 5.56 Å². The normalized spacial score (nSPS) is 12.0. The SMILES string of the molecule is CCC[C@@H](C)Oc1ccc(C=O)c(OC)c1C. The van der Waals surface area contributed by atoms with Crippen molar-refractivity contribution in [1.82, 2.24) is 0 Å². The largest absolute Gasteiger partial charge is 0.496 e. The van der Waals surface area contributed by atoms with Gasteiger partial charge < -0.3 is 9.47 Å². The van der Waals surface area contributed by atoms with E-state index in [1.165, 1.54) is 0 Å². The molecule has 1 atom stereocenters. The van der Waals surface area contributed by atoms with Crippen molar-refractivity contribution in [3.63, 3.8) is 0 Å². The van der Waals surface area contributed by atoms with Crippen LogP contribution in [0.3, 0.4) is 0 Å². The molecule has 0 radical (unpaired) electrons. The fourth-order valence-corrected chi connectivity index (χ4v) is 1.87. The van der Waals surface area contributed by atoms with Crippen LogP contribution >= 0.6 is 0 Å². The van der Waals surface area contributed by atoms with Crippen molar-refractivity contribution < 1.29 is 14.3 Å². The van der Waals surface area contributed by atoms with Crippen molar-refractivity contribution in [3.05, 3.63) is 23.3 Å². The lowest BCUT2D eigenvalue weighted by Gasteiger charge is -2.18. The van der Waals surface area contributed by atoms with E-state index < -0.39 is 0 Å². The molecule has 0 saturated carbocycles. The topological polar surface area (TPSA) is 35.5 Å². The summed E-state index contributed by atoms with van der Waals surface area (Å²) in [5.41, 5.74) is 1.43. The average molecular weight is 236 g/mol. The molecule has 1 rings (SSSR count). The van der Waals surface area contributed by atoms with Crippen molar-refractivity contribution in [2.45, 2.75) is 39.7 Å². The molecule has 0 spiro atoms. The van der Waals surface area contributed by atoms with Crippen LogP contribution in [0, 0.1) is 6.92 Å². The molecule has 0 aromatic heterocycles. The zero-order valence-corrected chi connectivity index (χ0v) is 10.9. The second-order valence-electron chi connectivity index (χ2n) is 4.15. The molecule has 0 heterocycles. The first-order valence-electron chi connectivity index (χ1n) is 5.93. The lowest BCUT2D eigenvalue weighted by atomic mass is 10.1. The highest BCUT2D eigenvalue weighted by molar-refractivity contribution is 5.81. The van der Waals surface area contributed by atoms with E-state index in [9.17, 15) is 4.79 Å². The monoisotopic (exact) mass is 236 g/mol. The predicted octanol–water partition coefficient (Wildman–Crippen LogP) is 3.38. The molecule has 0 N–H and O–H groups in total. The summed E-state index contributed by atoms with van der Waals surface area (Å²) in [5.74, 6) is 1.38. The summed E-state index contributed by atoms with van der Waals surface area (Å²) in [6.45, 7) is 6.08. The molecule has 3 heteroatoms. The standard InChI is InChI=1S/C14H20O3/c1-5-6-10(2)17-13-8-7-12(9-15)14(16-4)11(13)3/h7-10H,5-6H2,1-4H3/t10-/m1/s1. The first-order chi connectivity index (χ1) is 8.13. The Hall–Kier alpha value is -1.51. The van der Waals surface area contributed by atoms with E-state index in [-0.39, 0.29) is 6.10 Å². The van der Waals surface area contributed by atoms with Crippen LogP contribution in [0.2, 0.25) is 0 Å². The van der Waals surface area contributed by atoms with E-state index in [2.05, 4.69) is 6.92 Å². The molecule has 0 unspecified atom stereocenters. The Balaban J connectivity index is 2.98. The highest BCUT2D eigenvalue weighted by Crippen LogP contribution is 2.31. The van der Waals surface area contributed by atoms with Crippen LogP contribution in [0.5, 0.6) is 11.5 Å². The van der Waals surface area contributed by atoms with Crippen molar-refractivity contribution in [2.75, 3.05) is 7.11 Å². The Labute approximate surface area is 103 Å². The second kappa shape index (κ2) is 6.28. The van der Waals surface area contributed by atoms with Crippen molar-refractivity contribution in [1.29, 1.82) is 0 Å². The summed E-state index contributed by atoms with van der Waals surface area (Å²) in [4.78, 5) is 10.9. The molecule has 0 aliphatic rings. The van der Waals surface area contributed by atoms with Gasteiger partial charge in [-0.1, -0.05) is 13.3 Å². The molecule has 0 aliphatic carbocycles. The highest BCUT2D eigenvalue weighted by Gasteiger charge is 2.12. The molecule has 0 bridgehead atoms. The van der Waals surface area contributed by atoms with E-state index >= 15 is 0 Å². The molecule has 0 saturated heterocycles. The Kier molecular flexibility index (Phi) is 5.01. The number of benzene rings is 1. The summed E-state index contributed by atoms with van der Waals surface area (Å²) in [5, 5.41) is 0. The van der Waals surface area contributed by atoms with Gasteiger partial charge in [-0.3, -0.25) is 4.79 Å². The lowest BCUT2D eigenvalue weighted by Crippen LogP contribution is -2.12. The van der Waals surface area contributed by atoms with Gasteiger partial charge in [-0.2, -0.15) is 0 Å². The Morgan fingerprint density at radius 2 is 2.12 bits per heavy atom. The Morgan fingerprint density at radius 1 is 1.41 bits per heavy atom. The number of carbonyl (C=O) groups excluding carboxylic acids is 1. The summed E-state index contributed by atoms with van der Waals surface area (Å²) in [7, 11) is 1.56. The first-order valence-corrected chi connectivity index (χ1v) is 5.93. The third-order valence-electron chi connectivity index (χ3n) is 2.74. The molecule has 0 aliphatic heterocycles. The van der Waals surface area contributed by atoms with Crippen LogP contribution < -0.4 is 9.47 Å². The van der Waals surface area contributed by atoms with Gasteiger partial charge in [0.05, 0.1) is 18.8 Å². The van der Waals surface area contributed by atoms with Gasteiger partial charge in [0.25, 0.3) is 0 Å². The van der Waals surface area contributed by atoms with E-state index in [1.54, 1.807) is 13.2 Å². The van der Waals surface area contributed by atoms with E-state index in [0.717, 1.165) is 30.4 Å². The molecule has 94 valence electrons. The smallest absolute Gasteiger partial charge is 0.153 e. The number of rotatable bonds is 6. The first kappa shape index (κ1) is 13.6. The third kappa shape index (κ3) is 3.22. The summed E-state index contributed by atoms with van der Waals surface area (Å²) in [6.07, 6.45) is 3.07. The third-order valence-corrected chi connectivity index (χ3v) is 2.74. The fourth-order valence-electron chi connectivity index (χ4n) is 1.87. The van der Waals surface area contributed by atoms with Gasteiger partial charge in [0.15, 0.2) is 6.29 Å². The number of aldehydes is 1. The minimum absolute atomic E-state index is 0.172. The van der Waals surface area contributed by atoms with Crippen LogP contribution in [0.4, 0.5) is 0 Å². The van der Waals surface area contributed by atoms with Crippen LogP contribution in [0.1, 0.15) is 42.6 Å². The van der Waals surface area contributed by atoms with Gasteiger partial charge in [0.1, 0.15) is 11.5 Å². The maximum atomic E-state index is 10.9. The molecule has 0 amide bonds. The van der Waals surface area contributed by atoms with E-state index in [4.69, 9.17) is 9.47 Å². The predicted molar refractivity (Wildman–Crippen MR) is 68.1 cm³/mol. The summed E-state index contributed by atoms with van der Waals surface area (Å²) < 4.78 is 11.1. The van der Waals surface area contributed by atoms with Gasteiger partial charge in [0.2, 0.25) is 0 Å². The number of ether oxygens (including phenoxy) is 2. The van der Waals surface area contributed by atoms with Gasteiger partial charge in [-0.05, 0) is 32.4 Å². The molecular formula is C14H20O3. The highest BCUT2D eigenvalue weighted by atomic mass is 16.5. The zero-order chi connectivity index (χ0) is 12.8. The van der Waals surface area contributed by atoms with Crippen molar-refractivity contribution in [2.24, 2.45) is 0 Å². The minimum atomic E-state index is 0.172. The van der Waals surface area contributed by atoms with Gasteiger partial charge in [-0.15, -0.1) is 0 Å². The Bertz CT molecular complexity index is 385. The molecule has 3 nitrogen and oxygen atoms in total. The molecule has 1 aromatic rings. The zero-order valence-electron chi connectivity index (χ0n) is 10.9. The molecule has 0 fully saturated rings. The van der Waals surface area contributed by atoms with Gasteiger partial charge >= 0.3 is 0 Å². The van der Waals surface area contributed by atoms with E-state index in [0.29, 0.717) is 11.3 Å². The van der Waals surface area contributed by atoms with Crippen LogP contribution in [-0.2, 0) is 0 Å². The maximum absolute atomic E-state index is 10.9. The van der Waals surface area contributed by atoms with Crippen LogP contribution in [0.15, 0.2) is 12.1 Å².